The van der Waals surface area contributed by atoms with Gasteiger partial charge in [-0.1, -0.05) is 72.8 Å². The summed E-state index contributed by atoms with van der Waals surface area (Å²) in [6.45, 7) is 10.2. The molecule has 0 unspecified atom stereocenters. The SMILES string of the molecule is COc1ccc(C(Nc2nc(=O)n([C@@H]3C[C@H](O)[C@@H](CO)O3)cc2SCCN(CC[C@H](NC(=O)OC(C)(C)C)C(=O)OC(C)(C)C)C[C@H]2O[C@@H](n3cnc4c(N)ncnc43)[C@H](O)[C@@H]2O)(c2ccccc2)c2ccccc2)cc1. The molecule has 8 rings (SSSR count). The fourth-order valence-electron chi connectivity index (χ4n) is 9.40. The van der Waals surface area contributed by atoms with Gasteiger partial charge in [0.15, 0.2) is 17.7 Å². The second kappa shape index (κ2) is 23.9. The minimum Gasteiger partial charge on any atom is -0.497 e. The Bertz CT molecular complexity index is 2970. The zero-order valence-electron chi connectivity index (χ0n) is 44.1. The van der Waals surface area contributed by atoms with Crippen LogP contribution in [0.25, 0.3) is 11.2 Å². The number of carbonyl (C=O) groups excluding carboxylic acids is 2. The van der Waals surface area contributed by atoms with E-state index in [1.165, 1.54) is 33.6 Å². The molecule has 0 radical (unpaired) electrons. The van der Waals surface area contributed by atoms with Gasteiger partial charge in [0.25, 0.3) is 0 Å². The molecular weight excluding hydrogens is 1010 g/mol. The number of benzene rings is 3. The van der Waals surface area contributed by atoms with Gasteiger partial charge in [-0.05, 0) is 76.8 Å². The number of nitrogens with one attached hydrogen (secondary N) is 2. The van der Waals surface area contributed by atoms with Gasteiger partial charge in [0, 0.05) is 38.0 Å². The van der Waals surface area contributed by atoms with Crippen molar-refractivity contribution in [3.05, 3.63) is 131 Å². The van der Waals surface area contributed by atoms with E-state index in [1.807, 2.05) is 89.8 Å². The molecule has 8 N–H and O–H groups in total. The Morgan fingerprint density at radius 1 is 0.844 bits per heavy atom. The quantitative estimate of drug-likeness (QED) is 0.0318. The fourth-order valence-corrected chi connectivity index (χ4v) is 10.4. The first-order chi connectivity index (χ1) is 36.7. The van der Waals surface area contributed by atoms with Crippen LogP contribution in [0.2, 0.25) is 0 Å². The molecule has 23 heteroatoms. The normalized spacial score (nSPS) is 21.3. The molecule has 0 aliphatic carbocycles. The number of anilines is 2. The van der Waals surface area contributed by atoms with E-state index < -0.39 is 90.1 Å². The van der Waals surface area contributed by atoms with Gasteiger partial charge in [-0.25, -0.2) is 29.3 Å². The second-order valence-corrected chi connectivity index (χ2v) is 22.0. The van der Waals surface area contributed by atoms with Crippen molar-refractivity contribution in [2.75, 3.05) is 50.2 Å². The maximum absolute atomic E-state index is 14.3. The average molecular weight is 1080 g/mol. The van der Waals surface area contributed by atoms with Gasteiger partial charge in [0.1, 0.15) is 76.8 Å². The average Bonchev–Trinajstić information content (AvgIpc) is 4.11. The van der Waals surface area contributed by atoms with Gasteiger partial charge in [0.05, 0.1) is 31.0 Å². The highest BCUT2D eigenvalue weighted by atomic mass is 32.2. The van der Waals surface area contributed by atoms with Crippen LogP contribution >= 0.6 is 11.8 Å². The highest BCUT2D eigenvalue weighted by Crippen LogP contribution is 2.43. The van der Waals surface area contributed by atoms with Crippen LogP contribution in [-0.4, -0.2) is 153 Å². The number of nitrogen functional groups attached to an aromatic ring is 1. The molecule has 8 atom stereocenters. The van der Waals surface area contributed by atoms with Crippen LogP contribution in [0.3, 0.4) is 0 Å². The third-order valence-electron chi connectivity index (χ3n) is 13.1. The van der Waals surface area contributed by atoms with Crippen molar-refractivity contribution in [2.24, 2.45) is 0 Å². The van der Waals surface area contributed by atoms with E-state index in [-0.39, 0.29) is 61.0 Å². The number of thioether (sulfide) groups is 1. The van der Waals surface area contributed by atoms with Crippen LogP contribution in [0, 0.1) is 0 Å². The molecule has 5 heterocycles. The van der Waals surface area contributed by atoms with Gasteiger partial charge in [-0.3, -0.25) is 14.0 Å². The lowest BCUT2D eigenvalue weighted by Gasteiger charge is -2.38. The lowest BCUT2D eigenvalue weighted by Crippen LogP contribution is -2.48. The largest absolute Gasteiger partial charge is 0.497 e. The summed E-state index contributed by atoms with van der Waals surface area (Å²) >= 11 is 1.34. The van der Waals surface area contributed by atoms with Gasteiger partial charge in [-0.2, -0.15) is 4.98 Å². The van der Waals surface area contributed by atoms with Crippen LogP contribution < -0.4 is 26.8 Å². The molecule has 2 saturated heterocycles. The Balaban J connectivity index is 1.16. The molecule has 2 aliphatic rings. The summed E-state index contributed by atoms with van der Waals surface area (Å²) < 4.78 is 32.1. The van der Waals surface area contributed by atoms with Gasteiger partial charge in [-0.15, -0.1) is 11.8 Å². The molecule has 6 aromatic rings. The van der Waals surface area contributed by atoms with Gasteiger partial charge in [0.2, 0.25) is 0 Å². The minimum atomic E-state index is -1.43. The van der Waals surface area contributed by atoms with Crippen molar-refractivity contribution in [3.63, 3.8) is 0 Å². The highest BCUT2D eigenvalue weighted by Gasteiger charge is 2.45. The maximum Gasteiger partial charge on any atom is 0.408 e. The van der Waals surface area contributed by atoms with E-state index in [9.17, 15) is 34.8 Å². The number of fused-ring (bicyclic) bond motifs is 1. The number of hydrogen-bond acceptors (Lipinski definition) is 20. The number of aromatic nitrogens is 6. The smallest absolute Gasteiger partial charge is 0.408 e. The first-order valence-corrected chi connectivity index (χ1v) is 26.3. The summed E-state index contributed by atoms with van der Waals surface area (Å²) in [5.74, 6) is 0.566. The molecule has 22 nitrogen and oxygen atoms in total. The molecule has 3 aromatic carbocycles. The molecule has 77 heavy (non-hydrogen) atoms. The third kappa shape index (κ3) is 13.2. The summed E-state index contributed by atoms with van der Waals surface area (Å²) in [5.41, 5.74) is 5.49. The molecule has 3 aromatic heterocycles. The van der Waals surface area contributed by atoms with Crippen molar-refractivity contribution < 1.29 is 53.7 Å². The Hall–Kier alpha value is -6.70. The number of carbonyl (C=O) groups is 2. The van der Waals surface area contributed by atoms with Crippen LogP contribution in [-0.2, 0) is 29.3 Å². The molecule has 0 saturated carbocycles. The van der Waals surface area contributed by atoms with Crippen LogP contribution in [0.15, 0.2) is 113 Å². The van der Waals surface area contributed by atoms with E-state index in [0.29, 0.717) is 10.6 Å². The summed E-state index contributed by atoms with van der Waals surface area (Å²) in [4.78, 5) is 61.1. The van der Waals surface area contributed by atoms with Crippen LogP contribution in [0.5, 0.6) is 5.75 Å². The summed E-state index contributed by atoms with van der Waals surface area (Å²) in [7, 11) is 1.59. The number of aliphatic hydroxyl groups is 4. The third-order valence-corrected chi connectivity index (χ3v) is 14.1. The molecule has 0 spiro atoms. The number of hydrogen-bond donors (Lipinski definition) is 7. The second-order valence-electron chi connectivity index (χ2n) is 20.9. The van der Waals surface area contributed by atoms with E-state index in [1.54, 1.807) is 54.8 Å². The summed E-state index contributed by atoms with van der Waals surface area (Å²) in [5, 5.41) is 50.4. The van der Waals surface area contributed by atoms with Crippen LogP contribution in [0.4, 0.5) is 16.4 Å². The summed E-state index contributed by atoms with van der Waals surface area (Å²) in [6.07, 6.45) is -4.41. The van der Waals surface area contributed by atoms with E-state index in [0.717, 1.165) is 16.7 Å². The lowest BCUT2D eigenvalue weighted by atomic mass is 9.77. The standard InChI is InChI=1S/C54H68N10O12S/c1-52(2,3)75-49(69)36(59-51(71)76-53(4,5)6)22-23-62(27-38-43(67)44(68)48(74-38)64-31-58-42-45(55)56-30-57-47(42)64)24-25-77-40-28-63(41-26-37(66)39(29-65)73-41)50(70)60-46(40)61-54(32-14-10-8-11-15-32,33-16-12-9-13-17-33)34-18-20-35(72-7)21-19-34/h8-21,28,30-31,36-39,41,43-44,48,65-68H,22-27,29H2,1-7H3,(H,59,71)(H2,55,56,57)(H,60,61,70)/t36-,37-,38+,39+,41-,43+,44+,48+/m0/s1. The van der Waals surface area contributed by atoms with Gasteiger partial charge >= 0.3 is 17.8 Å². The van der Waals surface area contributed by atoms with Crippen molar-refractivity contribution in [3.8, 4) is 5.75 Å². The number of amides is 1. The number of aliphatic hydroxyl groups excluding tert-OH is 4. The number of nitrogens with two attached hydrogens (primary N) is 1. The first kappa shape index (κ1) is 56.5. The number of imidazole rings is 1. The van der Waals surface area contributed by atoms with Gasteiger partial charge < -0.3 is 60.5 Å². The number of alkyl carbamates (subject to hydrolysis) is 1. The first-order valence-electron chi connectivity index (χ1n) is 25.3. The zero-order valence-corrected chi connectivity index (χ0v) is 44.9. The topological polar surface area (TPSA) is 293 Å². The maximum atomic E-state index is 14.3. The monoisotopic (exact) mass is 1080 g/mol. The molecule has 1 amide bonds. The number of rotatable bonds is 20. The summed E-state index contributed by atoms with van der Waals surface area (Å²) in [6, 6.07) is 25.9. The predicted molar refractivity (Wildman–Crippen MR) is 286 cm³/mol. The minimum absolute atomic E-state index is 0.00825. The Morgan fingerprint density at radius 2 is 1.49 bits per heavy atom. The Morgan fingerprint density at radius 3 is 2.10 bits per heavy atom. The molecular formula is C54H68N10O12S. The van der Waals surface area contributed by atoms with Crippen molar-refractivity contribution in [2.45, 2.75) is 125 Å². The van der Waals surface area contributed by atoms with Crippen molar-refractivity contribution in [1.29, 1.82) is 0 Å². The van der Waals surface area contributed by atoms with Crippen LogP contribution in [0.1, 0.15) is 83.5 Å². The molecule has 0 bridgehead atoms. The van der Waals surface area contributed by atoms with E-state index >= 15 is 0 Å². The lowest BCUT2D eigenvalue weighted by molar-refractivity contribution is -0.157. The predicted octanol–water partition coefficient (Wildman–Crippen LogP) is 4.36. The molecule has 2 aliphatic heterocycles. The Labute approximate surface area is 449 Å². The Kier molecular flexibility index (Phi) is 17.5. The highest BCUT2D eigenvalue weighted by molar-refractivity contribution is 7.99. The van der Waals surface area contributed by atoms with E-state index in [4.69, 9.17) is 34.4 Å². The molecule has 412 valence electrons. The van der Waals surface area contributed by atoms with Crippen molar-refractivity contribution >= 4 is 46.6 Å². The fraction of sp³-hybridized carbons (Fsp3) is 0.463. The number of methoxy groups -OCH3 is 1. The van der Waals surface area contributed by atoms with Crippen molar-refractivity contribution in [1.82, 2.24) is 39.3 Å². The number of ether oxygens (including phenoxy) is 5. The zero-order chi connectivity index (χ0) is 55.2. The number of esters is 1. The van der Waals surface area contributed by atoms with E-state index in [2.05, 4.69) is 25.6 Å². The number of nitrogens with zero attached hydrogens (tertiary/aromatic N) is 7. The molecule has 2 fully saturated rings.